The van der Waals surface area contributed by atoms with E-state index in [0.717, 1.165) is 39.3 Å². The maximum atomic E-state index is 11.8. The Labute approximate surface area is 96.7 Å². The number of piperazine rings is 1. The van der Waals surface area contributed by atoms with Crippen molar-refractivity contribution in [3.63, 3.8) is 0 Å². The number of nitrogens with zero attached hydrogens (tertiary/aromatic N) is 2. The van der Waals surface area contributed by atoms with Crippen LogP contribution >= 0.6 is 0 Å². The van der Waals surface area contributed by atoms with Gasteiger partial charge in [0.05, 0.1) is 0 Å². The van der Waals surface area contributed by atoms with Crippen LogP contribution in [0.4, 0.5) is 0 Å². The van der Waals surface area contributed by atoms with Crippen LogP contribution in [0.3, 0.4) is 0 Å². The lowest BCUT2D eigenvalue weighted by Crippen LogP contribution is -2.65. The Bertz CT molecular complexity index is 248. The first-order chi connectivity index (χ1) is 7.72. The number of methoxy groups -OCH3 is 1. The van der Waals surface area contributed by atoms with Crippen LogP contribution in [-0.4, -0.2) is 74.2 Å². The first kappa shape index (κ1) is 11.8. The number of carbonyl (C=O) groups is 1. The summed E-state index contributed by atoms with van der Waals surface area (Å²) >= 11 is 0. The van der Waals surface area contributed by atoms with Gasteiger partial charge < -0.3 is 15.0 Å². The number of hydrogen-bond donors (Lipinski definition) is 1. The van der Waals surface area contributed by atoms with Crippen molar-refractivity contribution in [3.05, 3.63) is 0 Å². The van der Waals surface area contributed by atoms with Gasteiger partial charge >= 0.3 is 0 Å². The van der Waals surface area contributed by atoms with Crippen molar-refractivity contribution in [1.82, 2.24) is 15.1 Å². The molecule has 0 aromatic heterocycles. The summed E-state index contributed by atoms with van der Waals surface area (Å²) in [4.78, 5) is 16.1. The molecule has 0 saturated carbocycles. The molecule has 2 saturated heterocycles. The van der Waals surface area contributed by atoms with Gasteiger partial charge in [-0.15, -0.1) is 0 Å². The van der Waals surface area contributed by atoms with Crippen LogP contribution in [0.25, 0.3) is 0 Å². The number of amides is 1. The second-order valence-electron chi connectivity index (χ2n) is 4.56. The standard InChI is InChI=1S/C11H21N3O2/c1-9(16-2)11(15)14-7-10(8-14)13-5-3-12-4-6-13/h9-10,12H,3-8H2,1-2H3. The quantitative estimate of drug-likeness (QED) is 0.681. The molecule has 1 N–H and O–H groups in total. The van der Waals surface area contributed by atoms with Crippen molar-refractivity contribution in [2.45, 2.75) is 19.1 Å². The van der Waals surface area contributed by atoms with E-state index in [-0.39, 0.29) is 12.0 Å². The predicted molar refractivity (Wildman–Crippen MR) is 61.3 cm³/mol. The molecule has 5 heteroatoms. The van der Waals surface area contributed by atoms with Crippen molar-refractivity contribution in [3.8, 4) is 0 Å². The van der Waals surface area contributed by atoms with Crippen molar-refractivity contribution in [2.75, 3.05) is 46.4 Å². The summed E-state index contributed by atoms with van der Waals surface area (Å²) in [6, 6.07) is 0.565. The van der Waals surface area contributed by atoms with Gasteiger partial charge in [-0.1, -0.05) is 0 Å². The molecule has 2 rings (SSSR count). The largest absolute Gasteiger partial charge is 0.372 e. The highest BCUT2D eigenvalue weighted by molar-refractivity contribution is 5.81. The second-order valence-corrected chi connectivity index (χ2v) is 4.56. The van der Waals surface area contributed by atoms with Gasteiger partial charge in [0.1, 0.15) is 6.10 Å². The van der Waals surface area contributed by atoms with Crippen LogP contribution in [0.15, 0.2) is 0 Å². The van der Waals surface area contributed by atoms with Crippen molar-refractivity contribution < 1.29 is 9.53 Å². The van der Waals surface area contributed by atoms with Crippen molar-refractivity contribution >= 4 is 5.91 Å². The van der Waals surface area contributed by atoms with E-state index in [1.807, 2.05) is 4.90 Å². The molecule has 0 bridgehead atoms. The molecule has 0 aromatic carbocycles. The molecule has 1 amide bonds. The summed E-state index contributed by atoms with van der Waals surface area (Å²) in [6.07, 6.45) is -0.302. The lowest BCUT2D eigenvalue weighted by Gasteiger charge is -2.47. The minimum atomic E-state index is -0.302. The van der Waals surface area contributed by atoms with E-state index in [1.54, 1.807) is 14.0 Å². The molecule has 1 unspecified atom stereocenters. The van der Waals surface area contributed by atoms with E-state index in [2.05, 4.69) is 10.2 Å². The van der Waals surface area contributed by atoms with Gasteiger partial charge in [-0.25, -0.2) is 0 Å². The van der Waals surface area contributed by atoms with Gasteiger partial charge in [-0.05, 0) is 6.92 Å². The molecular formula is C11H21N3O2. The molecule has 5 nitrogen and oxygen atoms in total. The summed E-state index contributed by atoms with van der Waals surface area (Å²) in [6.45, 7) is 7.89. The Morgan fingerprint density at radius 1 is 1.38 bits per heavy atom. The van der Waals surface area contributed by atoms with Crippen LogP contribution in [0, 0.1) is 0 Å². The normalized spacial score (nSPS) is 25.2. The topological polar surface area (TPSA) is 44.8 Å². The Kier molecular flexibility index (Phi) is 3.78. The number of nitrogens with one attached hydrogen (secondary N) is 1. The molecule has 2 aliphatic heterocycles. The highest BCUT2D eigenvalue weighted by atomic mass is 16.5. The minimum absolute atomic E-state index is 0.119. The Balaban J connectivity index is 1.74. The molecule has 0 radical (unpaired) electrons. The summed E-state index contributed by atoms with van der Waals surface area (Å²) in [5.74, 6) is 0.119. The van der Waals surface area contributed by atoms with Crippen LogP contribution in [0.1, 0.15) is 6.92 Å². The van der Waals surface area contributed by atoms with E-state index >= 15 is 0 Å². The summed E-state index contributed by atoms with van der Waals surface area (Å²) in [5.41, 5.74) is 0. The first-order valence-corrected chi connectivity index (χ1v) is 5.98. The number of hydrogen-bond acceptors (Lipinski definition) is 4. The van der Waals surface area contributed by atoms with Gasteiger partial charge in [0.2, 0.25) is 0 Å². The monoisotopic (exact) mass is 227 g/mol. The molecule has 2 fully saturated rings. The molecule has 0 aromatic rings. The number of rotatable bonds is 3. The lowest BCUT2D eigenvalue weighted by atomic mass is 10.1. The molecule has 1 atom stereocenters. The van der Waals surface area contributed by atoms with Gasteiger partial charge in [0, 0.05) is 52.4 Å². The lowest BCUT2D eigenvalue weighted by molar-refractivity contribution is -0.148. The maximum absolute atomic E-state index is 11.8. The summed E-state index contributed by atoms with van der Waals surface area (Å²) < 4.78 is 5.03. The molecule has 2 aliphatic rings. The van der Waals surface area contributed by atoms with E-state index in [1.165, 1.54) is 0 Å². The average Bonchev–Trinajstić information content (AvgIpc) is 2.27. The van der Waals surface area contributed by atoms with Crippen LogP contribution < -0.4 is 5.32 Å². The zero-order valence-corrected chi connectivity index (χ0v) is 10.1. The Hall–Kier alpha value is -0.650. The van der Waals surface area contributed by atoms with Crippen LogP contribution in [-0.2, 0) is 9.53 Å². The van der Waals surface area contributed by atoms with Gasteiger partial charge in [-0.3, -0.25) is 9.69 Å². The van der Waals surface area contributed by atoms with Crippen LogP contribution in [0.2, 0.25) is 0 Å². The van der Waals surface area contributed by atoms with Crippen molar-refractivity contribution in [2.24, 2.45) is 0 Å². The number of carbonyl (C=O) groups excluding carboxylic acids is 1. The van der Waals surface area contributed by atoms with E-state index in [0.29, 0.717) is 6.04 Å². The summed E-state index contributed by atoms with van der Waals surface area (Å²) in [5, 5.41) is 3.34. The molecule has 2 heterocycles. The fourth-order valence-corrected chi connectivity index (χ4v) is 2.27. The Morgan fingerprint density at radius 3 is 2.56 bits per heavy atom. The highest BCUT2D eigenvalue weighted by Gasteiger charge is 2.36. The predicted octanol–water partition coefficient (Wildman–Crippen LogP) is -0.863. The first-order valence-electron chi connectivity index (χ1n) is 5.98. The van der Waals surface area contributed by atoms with Gasteiger partial charge in [0.15, 0.2) is 0 Å². The molecule has 0 aliphatic carbocycles. The average molecular weight is 227 g/mol. The Morgan fingerprint density at radius 2 is 2.00 bits per heavy atom. The zero-order valence-electron chi connectivity index (χ0n) is 10.1. The van der Waals surface area contributed by atoms with E-state index in [9.17, 15) is 4.79 Å². The second kappa shape index (κ2) is 5.12. The fraction of sp³-hybridized carbons (Fsp3) is 0.909. The number of ether oxygens (including phenoxy) is 1. The fourth-order valence-electron chi connectivity index (χ4n) is 2.27. The SMILES string of the molecule is COC(C)C(=O)N1CC(N2CCNCC2)C1. The minimum Gasteiger partial charge on any atom is -0.372 e. The third-order valence-corrected chi connectivity index (χ3v) is 3.54. The van der Waals surface area contributed by atoms with Gasteiger partial charge in [-0.2, -0.15) is 0 Å². The summed E-state index contributed by atoms with van der Waals surface area (Å²) in [7, 11) is 1.58. The van der Waals surface area contributed by atoms with E-state index in [4.69, 9.17) is 4.74 Å². The van der Waals surface area contributed by atoms with E-state index < -0.39 is 0 Å². The third kappa shape index (κ3) is 2.36. The molecule has 16 heavy (non-hydrogen) atoms. The number of likely N-dealkylation sites (tertiary alicyclic amines) is 1. The van der Waals surface area contributed by atoms with Crippen molar-refractivity contribution in [1.29, 1.82) is 0 Å². The third-order valence-electron chi connectivity index (χ3n) is 3.54. The molecule has 0 spiro atoms. The smallest absolute Gasteiger partial charge is 0.251 e. The molecular weight excluding hydrogens is 206 g/mol. The maximum Gasteiger partial charge on any atom is 0.251 e. The zero-order chi connectivity index (χ0) is 11.5. The van der Waals surface area contributed by atoms with Crippen LogP contribution in [0.5, 0.6) is 0 Å². The van der Waals surface area contributed by atoms with Gasteiger partial charge in [0.25, 0.3) is 5.91 Å². The molecule has 92 valence electrons. The highest BCUT2D eigenvalue weighted by Crippen LogP contribution is 2.16.